The number of aromatic nitrogens is 4. The van der Waals surface area contributed by atoms with Crippen molar-refractivity contribution in [2.24, 2.45) is 0 Å². The van der Waals surface area contributed by atoms with Crippen molar-refractivity contribution in [2.45, 2.75) is 32.6 Å². The van der Waals surface area contributed by atoms with Gasteiger partial charge in [0.25, 0.3) is 0 Å². The molecule has 0 aliphatic carbocycles. The van der Waals surface area contributed by atoms with Gasteiger partial charge in [-0.3, -0.25) is 4.79 Å². The van der Waals surface area contributed by atoms with Crippen molar-refractivity contribution in [3.05, 3.63) is 35.2 Å². The third-order valence-corrected chi connectivity index (χ3v) is 4.46. The Morgan fingerprint density at radius 2 is 2.04 bits per heavy atom. The molecule has 26 heavy (non-hydrogen) atoms. The minimum absolute atomic E-state index is 0.159. The van der Waals surface area contributed by atoms with Crippen LogP contribution in [0.2, 0.25) is 0 Å². The first-order valence-corrected chi connectivity index (χ1v) is 9.09. The summed E-state index contributed by atoms with van der Waals surface area (Å²) in [4.78, 5) is 16.3. The molecule has 2 aromatic heterocycles. The molecular formula is C17H19N5O3S. The zero-order chi connectivity index (χ0) is 18.4. The molecule has 0 bridgehead atoms. The number of ether oxygens (including phenoxy) is 1. The van der Waals surface area contributed by atoms with Crippen LogP contribution in [0.5, 0.6) is 5.75 Å². The molecule has 0 aliphatic rings. The zero-order valence-electron chi connectivity index (χ0n) is 14.6. The van der Waals surface area contributed by atoms with Gasteiger partial charge in [-0.05, 0) is 30.7 Å². The first-order valence-electron chi connectivity index (χ1n) is 8.27. The van der Waals surface area contributed by atoms with Crippen LogP contribution in [0.3, 0.4) is 0 Å². The summed E-state index contributed by atoms with van der Waals surface area (Å²) in [5.74, 6) is 1.49. The van der Waals surface area contributed by atoms with Crippen LogP contribution in [-0.4, -0.2) is 33.4 Å². The Morgan fingerprint density at radius 1 is 1.23 bits per heavy atom. The molecular weight excluding hydrogens is 354 g/mol. The van der Waals surface area contributed by atoms with E-state index in [1.807, 2.05) is 24.3 Å². The molecule has 136 valence electrons. The van der Waals surface area contributed by atoms with E-state index in [1.54, 1.807) is 7.11 Å². The molecule has 1 N–H and O–H groups in total. The third-order valence-electron chi connectivity index (χ3n) is 3.56. The van der Waals surface area contributed by atoms with Crippen molar-refractivity contribution in [3.63, 3.8) is 0 Å². The Morgan fingerprint density at radius 3 is 2.77 bits per heavy atom. The fraction of sp³-hybridized carbons (Fsp3) is 0.353. The highest BCUT2D eigenvalue weighted by Crippen LogP contribution is 2.20. The lowest BCUT2D eigenvalue weighted by atomic mass is 10.2. The molecule has 0 spiro atoms. The molecule has 8 nitrogen and oxygen atoms in total. The second-order valence-corrected chi connectivity index (χ2v) is 6.60. The van der Waals surface area contributed by atoms with Gasteiger partial charge in [-0.15, -0.1) is 10.2 Å². The van der Waals surface area contributed by atoms with E-state index in [1.165, 1.54) is 11.3 Å². The van der Waals surface area contributed by atoms with E-state index in [2.05, 4.69) is 32.6 Å². The van der Waals surface area contributed by atoms with Crippen molar-refractivity contribution < 1.29 is 14.1 Å². The molecule has 3 aromatic rings. The summed E-state index contributed by atoms with van der Waals surface area (Å²) >= 11 is 1.40. The van der Waals surface area contributed by atoms with Gasteiger partial charge in [0, 0.05) is 24.8 Å². The Bertz CT molecular complexity index is 859. The van der Waals surface area contributed by atoms with Crippen LogP contribution in [0, 0.1) is 0 Å². The summed E-state index contributed by atoms with van der Waals surface area (Å²) in [7, 11) is 1.61. The van der Waals surface area contributed by atoms with Crippen LogP contribution in [0.1, 0.15) is 30.7 Å². The van der Waals surface area contributed by atoms with Gasteiger partial charge in [-0.2, -0.15) is 4.98 Å². The number of aryl methyl sites for hydroxylation is 2. The van der Waals surface area contributed by atoms with Crippen LogP contribution in [-0.2, 0) is 17.6 Å². The fourth-order valence-corrected chi connectivity index (χ4v) is 3.09. The second-order valence-electron chi connectivity index (χ2n) is 5.54. The number of anilines is 1. The van der Waals surface area contributed by atoms with Gasteiger partial charge < -0.3 is 14.6 Å². The number of hydrogen-bond acceptors (Lipinski definition) is 8. The van der Waals surface area contributed by atoms with E-state index in [0.717, 1.165) is 29.2 Å². The van der Waals surface area contributed by atoms with E-state index in [4.69, 9.17) is 9.26 Å². The maximum Gasteiger partial charge on any atom is 0.227 e. The smallest absolute Gasteiger partial charge is 0.227 e. The number of carbonyl (C=O) groups excluding carboxylic acids is 1. The maximum atomic E-state index is 12.0. The molecule has 1 aromatic carbocycles. The average Bonchev–Trinajstić information content (AvgIpc) is 3.30. The number of amides is 1. The van der Waals surface area contributed by atoms with Crippen molar-refractivity contribution in [2.75, 3.05) is 12.4 Å². The maximum absolute atomic E-state index is 12.0. The summed E-state index contributed by atoms with van der Waals surface area (Å²) in [5, 5.41) is 16.1. The second kappa shape index (κ2) is 8.52. The Labute approximate surface area is 154 Å². The topological polar surface area (TPSA) is 103 Å². The number of methoxy groups -OCH3 is 1. The van der Waals surface area contributed by atoms with Crippen LogP contribution in [0.15, 0.2) is 28.8 Å². The molecule has 0 saturated carbocycles. The molecule has 1 amide bonds. The summed E-state index contributed by atoms with van der Waals surface area (Å²) in [6.45, 7) is 2.07. The number of nitrogens with one attached hydrogen (secondary N) is 1. The van der Waals surface area contributed by atoms with Gasteiger partial charge in [-0.1, -0.05) is 23.4 Å². The number of benzene rings is 1. The molecule has 2 heterocycles. The van der Waals surface area contributed by atoms with Gasteiger partial charge in [0.05, 0.1) is 7.11 Å². The predicted molar refractivity (Wildman–Crippen MR) is 97.1 cm³/mol. The van der Waals surface area contributed by atoms with E-state index < -0.39 is 0 Å². The number of hydrogen-bond donors (Lipinski definition) is 1. The first kappa shape index (κ1) is 18.0. The quantitative estimate of drug-likeness (QED) is 0.647. The van der Waals surface area contributed by atoms with Crippen molar-refractivity contribution in [3.8, 4) is 17.1 Å². The van der Waals surface area contributed by atoms with Crippen molar-refractivity contribution >= 4 is 22.4 Å². The highest BCUT2D eigenvalue weighted by molar-refractivity contribution is 7.15. The van der Waals surface area contributed by atoms with Gasteiger partial charge >= 0.3 is 0 Å². The van der Waals surface area contributed by atoms with E-state index >= 15 is 0 Å². The summed E-state index contributed by atoms with van der Waals surface area (Å²) in [5.41, 5.74) is 0.822. The van der Waals surface area contributed by atoms with Gasteiger partial charge in [0.2, 0.25) is 22.8 Å². The predicted octanol–water partition coefficient (Wildman–Crippen LogP) is 3.12. The van der Waals surface area contributed by atoms with Crippen LogP contribution >= 0.6 is 11.3 Å². The number of carbonyl (C=O) groups is 1. The molecule has 9 heteroatoms. The average molecular weight is 373 g/mol. The normalized spacial score (nSPS) is 10.7. The zero-order valence-corrected chi connectivity index (χ0v) is 15.4. The van der Waals surface area contributed by atoms with Crippen molar-refractivity contribution in [1.29, 1.82) is 0 Å². The number of nitrogens with zero attached hydrogens (tertiary/aromatic N) is 4. The molecule has 0 atom stereocenters. The number of rotatable bonds is 8. The van der Waals surface area contributed by atoms with E-state index in [0.29, 0.717) is 23.3 Å². The lowest BCUT2D eigenvalue weighted by Gasteiger charge is -1.99. The molecule has 0 radical (unpaired) electrons. The van der Waals surface area contributed by atoms with E-state index in [-0.39, 0.29) is 12.3 Å². The van der Waals surface area contributed by atoms with Crippen LogP contribution < -0.4 is 10.1 Å². The van der Waals surface area contributed by atoms with E-state index in [9.17, 15) is 4.79 Å². The Kier molecular flexibility index (Phi) is 5.90. The first-order chi connectivity index (χ1) is 12.7. The Balaban J connectivity index is 1.52. The minimum Gasteiger partial charge on any atom is -0.497 e. The lowest BCUT2D eigenvalue weighted by molar-refractivity contribution is -0.116. The highest BCUT2D eigenvalue weighted by Gasteiger charge is 2.12. The summed E-state index contributed by atoms with van der Waals surface area (Å²) in [6, 6.07) is 7.36. The molecule has 0 aliphatic heterocycles. The molecule has 3 rings (SSSR count). The van der Waals surface area contributed by atoms with Gasteiger partial charge in [0.1, 0.15) is 10.8 Å². The SMILES string of the molecule is CCCc1nnc(NC(=O)CCc2nc(-c3ccc(OC)cc3)no2)s1. The summed E-state index contributed by atoms with van der Waals surface area (Å²) in [6.07, 6.45) is 2.45. The lowest BCUT2D eigenvalue weighted by Crippen LogP contribution is -2.12. The van der Waals surface area contributed by atoms with Gasteiger partial charge in [-0.25, -0.2) is 0 Å². The van der Waals surface area contributed by atoms with Gasteiger partial charge in [0.15, 0.2) is 0 Å². The highest BCUT2D eigenvalue weighted by atomic mass is 32.1. The standard InChI is InChI=1S/C17H19N5O3S/c1-3-4-15-20-21-17(26-15)18-13(23)9-10-14-19-16(22-25-14)11-5-7-12(24-2)8-6-11/h5-8H,3-4,9-10H2,1-2H3,(H,18,21,23). The van der Waals surface area contributed by atoms with Crippen LogP contribution in [0.4, 0.5) is 5.13 Å². The minimum atomic E-state index is -0.159. The molecule has 0 saturated heterocycles. The largest absolute Gasteiger partial charge is 0.497 e. The summed E-state index contributed by atoms with van der Waals surface area (Å²) < 4.78 is 10.3. The van der Waals surface area contributed by atoms with Crippen LogP contribution in [0.25, 0.3) is 11.4 Å². The third kappa shape index (κ3) is 4.63. The van der Waals surface area contributed by atoms with Crippen molar-refractivity contribution in [1.82, 2.24) is 20.3 Å². The fourth-order valence-electron chi connectivity index (χ4n) is 2.23. The Hall–Kier alpha value is -2.81. The molecule has 0 fully saturated rings. The molecule has 0 unspecified atom stereocenters. The monoisotopic (exact) mass is 373 g/mol.